The summed E-state index contributed by atoms with van der Waals surface area (Å²) >= 11 is 0. The first-order valence-electron chi connectivity index (χ1n) is 11.9. The minimum atomic E-state index is -0.135. The zero-order valence-electron chi connectivity index (χ0n) is 19.5. The summed E-state index contributed by atoms with van der Waals surface area (Å²) in [6.07, 6.45) is 4.01. The van der Waals surface area contributed by atoms with E-state index >= 15 is 0 Å². The topological polar surface area (TPSA) is 76.8 Å². The highest BCUT2D eigenvalue weighted by Crippen LogP contribution is 2.33. The van der Waals surface area contributed by atoms with E-state index in [0.29, 0.717) is 23.4 Å². The second kappa shape index (κ2) is 10.3. The van der Waals surface area contributed by atoms with Crippen LogP contribution < -0.4 is 4.74 Å². The third-order valence-electron chi connectivity index (χ3n) is 6.85. The van der Waals surface area contributed by atoms with Crippen molar-refractivity contribution in [2.24, 2.45) is 5.92 Å². The molecule has 2 aromatic rings. The summed E-state index contributed by atoms with van der Waals surface area (Å²) in [5.74, 6) is 1.25. The molecule has 33 heavy (non-hydrogen) atoms. The van der Waals surface area contributed by atoms with E-state index in [0.717, 1.165) is 50.9 Å². The molecule has 2 aromatic carbocycles. The highest BCUT2D eigenvalue weighted by molar-refractivity contribution is 5.78. The Balaban J connectivity index is 1.39. The maximum absolute atomic E-state index is 12.5. The van der Waals surface area contributed by atoms with Gasteiger partial charge in [0.25, 0.3) is 0 Å². The van der Waals surface area contributed by atoms with Gasteiger partial charge in [0, 0.05) is 31.1 Å². The van der Waals surface area contributed by atoms with Crippen LogP contribution in [0.25, 0.3) is 0 Å². The van der Waals surface area contributed by atoms with E-state index in [2.05, 4.69) is 15.9 Å². The van der Waals surface area contributed by atoms with Gasteiger partial charge in [-0.05, 0) is 74.2 Å². The van der Waals surface area contributed by atoms with Gasteiger partial charge in [0.15, 0.2) is 0 Å². The van der Waals surface area contributed by atoms with Crippen LogP contribution in [0.4, 0.5) is 0 Å². The van der Waals surface area contributed by atoms with Gasteiger partial charge in [0.05, 0.1) is 11.6 Å². The van der Waals surface area contributed by atoms with Gasteiger partial charge in [-0.25, -0.2) is 0 Å². The molecule has 0 aliphatic carbocycles. The van der Waals surface area contributed by atoms with Crippen molar-refractivity contribution in [3.63, 3.8) is 0 Å². The van der Waals surface area contributed by atoms with Crippen LogP contribution >= 0.6 is 0 Å². The fourth-order valence-corrected chi connectivity index (χ4v) is 5.11. The number of nitriles is 1. The van der Waals surface area contributed by atoms with Gasteiger partial charge in [0.2, 0.25) is 5.91 Å². The average molecular weight is 448 g/mol. The van der Waals surface area contributed by atoms with E-state index < -0.39 is 0 Å². The van der Waals surface area contributed by atoms with Crippen LogP contribution in [0.3, 0.4) is 0 Å². The lowest BCUT2D eigenvalue weighted by atomic mass is 10.0. The molecular weight excluding hydrogens is 414 g/mol. The van der Waals surface area contributed by atoms with Crippen LogP contribution in [0.15, 0.2) is 48.5 Å². The summed E-state index contributed by atoms with van der Waals surface area (Å²) < 4.78 is 6.30. The second-order valence-electron chi connectivity index (χ2n) is 9.50. The Labute approximate surface area is 196 Å². The van der Waals surface area contributed by atoms with E-state index in [-0.39, 0.29) is 23.7 Å². The van der Waals surface area contributed by atoms with Crippen LogP contribution in [0.5, 0.6) is 11.5 Å². The standard InChI is InChI=1S/C27H33N3O3/c1-19(2)27(32)29-17-22-9-10-23(18-29)30(22)15-3-4-26(21-7-5-20(16-28)6-8-21)33-25-13-11-24(31)12-14-25/h5-8,11-14,19,22-23,26,31H,3-4,9-10,15,17-18H2,1-2H3. The molecule has 2 fully saturated rings. The van der Waals surface area contributed by atoms with Gasteiger partial charge in [-0.15, -0.1) is 0 Å². The number of fused-ring (bicyclic) bond motifs is 2. The average Bonchev–Trinajstić information content (AvgIpc) is 3.05. The van der Waals surface area contributed by atoms with E-state index in [9.17, 15) is 9.90 Å². The maximum Gasteiger partial charge on any atom is 0.225 e. The van der Waals surface area contributed by atoms with Crippen LogP contribution in [0.1, 0.15) is 56.8 Å². The lowest BCUT2D eigenvalue weighted by molar-refractivity contribution is -0.137. The highest BCUT2D eigenvalue weighted by atomic mass is 16.5. The van der Waals surface area contributed by atoms with E-state index in [1.807, 2.05) is 38.1 Å². The highest BCUT2D eigenvalue weighted by Gasteiger charge is 2.41. The summed E-state index contributed by atoms with van der Waals surface area (Å²) in [4.78, 5) is 17.1. The largest absolute Gasteiger partial charge is 0.508 e. The fourth-order valence-electron chi connectivity index (χ4n) is 5.11. The Morgan fingerprint density at radius 2 is 1.73 bits per heavy atom. The maximum atomic E-state index is 12.5. The molecule has 2 aliphatic rings. The first-order valence-corrected chi connectivity index (χ1v) is 11.9. The van der Waals surface area contributed by atoms with Crippen LogP contribution in [0, 0.1) is 17.2 Å². The number of phenols is 1. The molecule has 6 heteroatoms. The molecule has 174 valence electrons. The van der Waals surface area contributed by atoms with Gasteiger partial charge in [-0.3, -0.25) is 9.69 Å². The number of nitrogens with zero attached hydrogens (tertiary/aromatic N) is 3. The monoisotopic (exact) mass is 447 g/mol. The molecule has 1 amide bonds. The van der Waals surface area contributed by atoms with Gasteiger partial charge in [0.1, 0.15) is 17.6 Å². The van der Waals surface area contributed by atoms with Crippen molar-refractivity contribution in [2.75, 3.05) is 19.6 Å². The number of likely N-dealkylation sites (tertiary alicyclic amines) is 1. The summed E-state index contributed by atoms with van der Waals surface area (Å²) in [5, 5.41) is 18.7. The Bertz CT molecular complexity index is 967. The van der Waals surface area contributed by atoms with Gasteiger partial charge in [-0.1, -0.05) is 26.0 Å². The molecule has 2 bridgehead atoms. The Kier molecular flexibility index (Phi) is 7.20. The van der Waals surface area contributed by atoms with Crippen molar-refractivity contribution in [3.8, 4) is 17.6 Å². The summed E-state index contributed by atoms with van der Waals surface area (Å²) in [5.41, 5.74) is 1.67. The summed E-state index contributed by atoms with van der Waals surface area (Å²) in [6, 6.07) is 17.5. The summed E-state index contributed by atoms with van der Waals surface area (Å²) in [7, 11) is 0. The molecule has 3 atom stereocenters. The third-order valence-corrected chi connectivity index (χ3v) is 6.85. The van der Waals surface area contributed by atoms with Crippen molar-refractivity contribution in [3.05, 3.63) is 59.7 Å². The first kappa shape index (κ1) is 23.1. The van der Waals surface area contributed by atoms with Crippen molar-refractivity contribution >= 4 is 5.91 Å². The third kappa shape index (κ3) is 5.48. The van der Waals surface area contributed by atoms with E-state index in [1.54, 1.807) is 24.3 Å². The number of hydrogen-bond donors (Lipinski definition) is 1. The molecule has 0 radical (unpaired) electrons. The predicted octanol–water partition coefficient (Wildman–Crippen LogP) is 4.50. The number of hydrogen-bond acceptors (Lipinski definition) is 5. The molecule has 0 spiro atoms. The van der Waals surface area contributed by atoms with Gasteiger partial charge < -0.3 is 14.7 Å². The Morgan fingerprint density at radius 3 is 2.30 bits per heavy atom. The number of carbonyl (C=O) groups excluding carboxylic acids is 1. The number of amides is 1. The molecule has 0 saturated carbocycles. The van der Waals surface area contributed by atoms with Crippen molar-refractivity contribution in [2.45, 2.75) is 57.7 Å². The number of aromatic hydroxyl groups is 1. The lowest BCUT2D eigenvalue weighted by Crippen LogP contribution is -2.56. The number of ether oxygens (including phenoxy) is 1. The lowest BCUT2D eigenvalue weighted by Gasteiger charge is -2.41. The van der Waals surface area contributed by atoms with Crippen LogP contribution in [-0.2, 0) is 4.79 Å². The predicted molar refractivity (Wildman–Crippen MR) is 127 cm³/mol. The minimum absolute atomic E-state index is 0.0566. The van der Waals surface area contributed by atoms with Gasteiger partial charge >= 0.3 is 0 Å². The van der Waals surface area contributed by atoms with E-state index in [1.165, 1.54) is 0 Å². The normalized spacial score (nSPS) is 21.1. The van der Waals surface area contributed by atoms with Gasteiger partial charge in [-0.2, -0.15) is 5.26 Å². The molecular formula is C27H33N3O3. The molecule has 1 N–H and O–H groups in total. The molecule has 2 heterocycles. The minimum Gasteiger partial charge on any atom is -0.508 e. The molecule has 0 aromatic heterocycles. The number of benzene rings is 2. The molecule has 2 aliphatic heterocycles. The number of carbonyl (C=O) groups is 1. The number of phenolic OH excluding ortho intramolecular Hbond substituents is 1. The van der Waals surface area contributed by atoms with Crippen LogP contribution in [-0.4, -0.2) is 52.5 Å². The van der Waals surface area contributed by atoms with Crippen molar-refractivity contribution < 1.29 is 14.6 Å². The number of rotatable bonds is 8. The molecule has 4 rings (SSSR count). The molecule has 6 nitrogen and oxygen atoms in total. The van der Waals surface area contributed by atoms with Crippen molar-refractivity contribution in [1.29, 1.82) is 5.26 Å². The smallest absolute Gasteiger partial charge is 0.225 e. The summed E-state index contributed by atoms with van der Waals surface area (Å²) in [6.45, 7) is 6.64. The quantitative estimate of drug-likeness (QED) is 0.645. The molecule has 3 unspecified atom stereocenters. The SMILES string of the molecule is CC(C)C(=O)N1CC2CCC(C1)N2CCCC(Oc1ccc(O)cc1)c1ccc(C#N)cc1. The van der Waals surface area contributed by atoms with Crippen molar-refractivity contribution in [1.82, 2.24) is 9.80 Å². The fraction of sp³-hybridized carbons (Fsp3) is 0.481. The first-order chi connectivity index (χ1) is 15.9. The zero-order chi connectivity index (χ0) is 23.4. The van der Waals surface area contributed by atoms with E-state index in [4.69, 9.17) is 10.00 Å². The number of piperazine rings is 1. The Hall–Kier alpha value is -3.04. The second-order valence-corrected chi connectivity index (χ2v) is 9.50. The molecule has 2 saturated heterocycles. The Morgan fingerprint density at radius 1 is 1.09 bits per heavy atom. The zero-order valence-corrected chi connectivity index (χ0v) is 19.5. The van der Waals surface area contributed by atoms with Crippen LogP contribution in [0.2, 0.25) is 0 Å².